The van der Waals surface area contributed by atoms with E-state index in [1.807, 2.05) is 0 Å². The zero-order chi connectivity index (χ0) is 16.4. The maximum Gasteiger partial charge on any atom is 0.263 e. The van der Waals surface area contributed by atoms with Crippen LogP contribution in [0, 0.1) is 0 Å². The van der Waals surface area contributed by atoms with Gasteiger partial charge in [0.25, 0.3) is 5.43 Å². The molecular weight excluding hydrogens is 308 g/mol. The molecule has 3 aromatic carbocycles. The Balaban J connectivity index is 2.30. The van der Waals surface area contributed by atoms with Crippen molar-refractivity contribution < 1.29 is 8.83 Å². The summed E-state index contributed by atoms with van der Waals surface area (Å²) in [6.07, 6.45) is 0. The van der Waals surface area contributed by atoms with Crippen molar-refractivity contribution in [2.75, 3.05) is 0 Å². The molecule has 0 aliphatic rings. The van der Waals surface area contributed by atoms with Crippen LogP contribution in [-0.2, 0) is 0 Å². The minimum atomic E-state index is -0.639. The van der Waals surface area contributed by atoms with E-state index in [1.54, 1.807) is 36.4 Å². The summed E-state index contributed by atoms with van der Waals surface area (Å²) in [5, 5.41) is 2.31. The van der Waals surface area contributed by atoms with Crippen molar-refractivity contribution in [1.82, 2.24) is 0 Å². The van der Waals surface area contributed by atoms with E-state index in [0.29, 0.717) is 21.9 Å². The lowest BCUT2D eigenvalue weighted by Gasteiger charge is -1.99. The lowest BCUT2D eigenvalue weighted by Crippen LogP contribution is -2.07. The smallest absolute Gasteiger partial charge is 0.263 e. The van der Waals surface area contributed by atoms with Gasteiger partial charge < -0.3 is 8.83 Å². The number of rotatable bonds is 0. The standard InChI is InChI=1S/C19H8O5/c20-13-7-17-19(22)18-8-14(21)12-6-10(2-4-16(12)24-18)9-1-3-15(23-17)11(13)5-9/h1-8H. The van der Waals surface area contributed by atoms with E-state index in [4.69, 9.17) is 8.83 Å². The van der Waals surface area contributed by atoms with Gasteiger partial charge in [-0.25, -0.2) is 0 Å². The maximum absolute atomic E-state index is 12.6. The van der Waals surface area contributed by atoms with E-state index in [9.17, 15) is 14.4 Å². The lowest BCUT2D eigenvalue weighted by molar-refractivity contribution is 0.637. The minimum Gasteiger partial charge on any atom is -0.452 e. The fourth-order valence-corrected chi connectivity index (χ4v) is 3.02. The lowest BCUT2D eigenvalue weighted by atomic mass is 10.1. The summed E-state index contributed by atoms with van der Waals surface area (Å²) in [5.41, 5.74) is -0.955. The van der Waals surface area contributed by atoms with Gasteiger partial charge in [0.05, 0.1) is 10.8 Å². The molecule has 0 saturated heterocycles. The zero-order valence-electron chi connectivity index (χ0n) is 12.2. The van der Waals surface area contributed by atoms with E-state index in [1.165, 1.54) is 0 Å². The molecular formula is C19H8O5. The topological polar surface area (TPSA) is 77.5 Å². The molecule has 5 nitrogen and oxygen atoms in total. The summed E-state index contributed by atoms with van der Waals surface area (Å²) < 4.78 is 11.1. The van der Waals surface area contributed by atoms with Gasteiger partial charge in [-0.3, -0.25) is 14.4 Å². The Kier molecular flexibility index (Phi) is 2.33. The third-order valence-electron chi connectivity index (χ3n) is 4.24. The van der Waals surface area contributed by atoms with Crippen LogP contribution < -0.4 is 16.3 Å². The highest BCUT2D eigenvalue weighted by molar-refractivity contribution is 5.96. The van der Waals surface area contributed by atoms with Crippen molar-refractivity contribution >= 4 is 43.9 Å². The van der Waals surface area contributed by atoms with Crippen LogP contribution in [0.25, 0.3) is 43.9 Å². The fourth-order valence-electron chi connectivity index (χ4n) is 3.02. The molecule has 0 fully saturated rings. The van der Waals surface area contributed by atoms with E-state index in [0.717, 1.165) is 22.9 Å². The van der Waals surface area contributed by atoms with E-state index in [-0.39, 0.29) is 22.0 Å². The molecule has 9 heterocycles. The molecule has 0 N–H and O–H groups in total. The third kappa shape index (κ3) is 1.66. The predicted octanol–water partition coefficient (Wildman–Crippen LogP) is 3.00. The van der Waals surface area contributed by atoms with Crippen molar-refractivity contribution in [2.45, 2.75) is 0 Å². The van der Waals surface area contributed by atoms with E-state index < -0.39 is 5.43 Å². The van der Waals surface area contributed by atoms with Gasteiger partial charge in [-0.05, 0) is 35.0 Å². The van der Waals surface area contributed by atoms with Gasteiger partial charge in [-0.15, -0.1) is 0 Å². The Morgan fingerprint density at radius 3 is 1.46 bits per heavy atom. The SMILES string of the molecule is O=c1c2cc(=O)c3cc(ccc3o2)c2ccc3oc1cc(=O)c3c2. The third-order valence-corrected chi connectivity index (χ3v) is 4.24. The van der Waals surface area contributed by atoms with Gasteiger partial charge in [0.2, 0.25) is 0 Å². The number of hydrogen-bond acceptors (Lipinski definition) is 5. The summed E-state index contributed by atoms with van der Waals surface area (Å²) in [6, 6.07) is 12.5. The minimum absolute atomic E-state index is 0.155. The van der Waals surface area contributed by atoms with Crippen LogP contribution in [0.4, 0.5) is 0 Å². The van der Waals surface area contributed by atoms with Crippen LogP contribution in [0.5, 0.6) is 0 Å². The molecule has 8 bridgehead atoms. The Morgan fingerprint density at radius 1 is 0.542 bits per heavy atom. The van der Waals surface area contributed by atoms with Crippen molar-refractivity contribution in [2.24, 2.45) is 0 Å². The van der Waals surface area contributed by atoms with Crippen LogP contribution in [-0.4, -0.2) is 0 Å². The molecule has 0 aliphatic heterocycles. The second-order valence-corrected chi connectivity index (χ2v) is 5.70. The quantitative estimate of drug-likeness (QED) is 0.439. The summed E-state index contributed by atoms with van der Waals surface area (Å²) in [7, 11) is 0. The highest BCUT2D eigenvalue weighted by Crippen LogP contribution is 2.22. The van der Waals surface area contributed by atoms with Crippen LogP contribution in [0.1, 0.15) is 0 Å². The predicted molar refractivity (Wildman–Crippen MR) is 91.0 cm³/mol. The van der Waals surface area contributed by atoms with Gasteiger partial charge in [-0.1, -0.05) is 12.1 Å². The molecule has 114 valence electrons. The zero-order valence-corrected chi connectivity index (χ0v) is 12.2. The van der Waals surface area contributed by atoms with Gasteiger partial charge >= 0.3 is 0 Å². The fraction of sp³-hybridized carbons (Fsp3) is 0. The average Bonchev–Trinajstić information content (AvgIpc) is 2.62. The van der Waals surface area contributed by atoms with Gasteiger partial charge in [0.1, 0.15) is 11.2 Å². The summed E-state index contributed by atoms with van der Waals surface area (Å²) in [4.78, 5) is 37.3. The Labute approximate surface area is 132 Å². The maximum atomic E-state index is 12.6. The average molecular weight is 316 g/mol. The van der Waals surface area contributed by atoms with Gasteiger partial charge in [-0.2, -0.15) is 0 Å². The van der Waals surface area contributed by atoms with E-state index in [2.05, 4.69) is 0 Å². The first-order chi connectivity index (χ1) is 11.6. The highest BCUT2D eigenvalue weighted by atomic mass is 16.4. The first-order valence-corrected chi connectivity index (χ1v) is 7.31. The van der Waals surface area contributed by atoms with Crippen LogP contribution in [0.2, 0.25) is 0 Å². The molecule has 12 aromatic rings. The molecule has 9 aromatic heterocycles. The van der Waals surface area contributed by atoms with Crippen molar-refractivity contribution in [3.63, 3.8) is 0 Å². The van der Waals surface area contributed by atoms with Crippen LogP contribution in [0.3, 0.4) is 0 Å². The normalized spacial score (nSPS) is 11.8. The Morgan fingerprint density at radius 2 is 1.00 bits per heavy atom. The molecule has 0 atom stereocenters. The molecule has 0 amide bonds. The largest absolute Gasteiger partial charge is 0.452 e. The second kappa shape index (κ2) is 4.29. The molecule has 24 heavy (non-hydrogen) atoms. The van der Waals surface area contributed by atoms with E-state index >= 15 is 0 Å². The van der Waals surface area contributed by atoms with Gasteiger partial charge in [0, 0.05) is 12.1 Å². The molecule has 5 heteroatoms. The molecule has 0 aliphatic carbocycles. The Bertz CT molecular complexity index is 1350. The molecule has 0 unspecified atom stereocenters. The number of hydrogen-bond donors (Lipinski definition) is 0. The molecule has 0 saturated carbocycles. The summed E-state index contributed by atoms with van der Waals surface area (Å²) >= 11 is 0. The second-order valence-electron chi connectivity index (χ2n) is 5.70. The van der Waals surface area contributed by atoms with Crippen molar-refractivity contribution in [3.05, 3.63) is 79.2 Å². The first-order valence-electron chi connectivity index (χ1n) is 7.31. The first kappa shape index (κ1) is 13.0. The van der Waals surface area contributed by atoms with Crippen molar-refractivity contribution in [3.8, 4) is 0 Å². The molecule has 0 radical (unpaired) electrons. The summed E-state index contributed by atoms with van der Waals surface area (Å²) in [5.74, 6) is 0. The summed E-state index contributed by atoms with van der Waals surface area (Å²) in [6.45, 7) is 0. The van der Waals surface area contributed by atoms with Gasteiger partial charge in [0.15, 0.2) is 22.0 Å². The number of benzene rings is 2. The van der Waals surface area contributed by atoms with Crippen LogP contribution in [0.15, 0.2) is 71.7 Å². The molecule has 0 spiro atoms. The highest BCUT2D eigenvalue weighted by Gasteiger charge is 2.10. The van der Waals surface area contributed by atoms with Crippen LogP contribution >= 0.6 is 0 Å². The van der Waals surface area contributed by atoms with Crippen molar-refractivity contribution in [1.29, 1.82) is 0 Å². The monoisotopic (exact) mass is 316 g/mol. The molecule has 12 rings (SSSR count). The Hall–Kier alpha value is -3.47.